The topological polar surface area (TPSA) is 0 Å². The van der Waals surface area contributed by atoms with Gasteiger partial charge in [0.05, 0.1) is 0 Å². The molecule has 0 aliphatic heterocycles. The van der Waals surface area contributed by atoms with E-state index >= 15 is 0 Å². The first-order valence-electron chi connectivity index (χ1n) is 1.50. The molecule has 0 aliphatic rings. The van der Waals surface area contributed by atoms with Crippen molar-refractivity contribution in [3.63, 3.8) is 0 Å². The molecule has 0 N–H and O–H groups in total. The minimum absolute atomic E-state index is 0. The van der Waals surface area contributed by atoms with Crippen LogP contribution in [0.3, 0.4) is 0 Å². The Morgan fingerprint density at radius 1 is 1.00 bits per heavy atom. The maximum Gasteiger partial charge on any atom is 2.00 e. The van der Waals surface area contributed by atoms with Crippen LogP contribution in [0.4, 0.5) is 0 Å². The van der Waals surface area contributed by atoms with Crippen molar-refractivity contribution in [1.29, 1.82) is 0 Å². The van der Waals surface area contributed by atoms with Crippen LogP contribution in [0.1, 0.15) is 20.3 Å². The average Bonchev–Trinajstić information content (AvgIpc) is 1.37. The summed E-state index contributed by atoms with van der Waals surface area (Å²) in [6.45, 7) is 7.08. The molecule has 0 aromatic carbocycles. The zero-order valence-corrected chi connectivity index (χ0v) is 6.17. The zero-order chi connectivity index (χ0) is 3.41. The third-order valence-corrected chi connectivity index (χ3v) is 0.250. The van der Waals surface area contributed by atoms with E-state index in [0.29, 0.717) is 0 Å². The molecule has 0 bridgehead atoms. The van der Waals surface area contributed by atoms with E-state index in [1.54, 1.807) is 0 Å². The number of hydrogen-bond acceptors (Lipinski definition) is 0. The quantitative estimate of drug-likeness (QED) is 0.630. The molecule has 38 valence electrons. The molecule has 0 nitrogen and oxygen atoms in total. The minimum Gasteiger partial charge on any atom is -0.346 e. The Morgan fingerprint density at radius 3 is 1.17 bits per heavy atom. The van der Waals surface area contributed by atoms with E-state index in [2.05, 4.69) is 13.8 Å². The van der Waals surface area contributed by atoms with Crippen LogP contribution in [-0.4, -0.2) is 0 Å². The van der Waals surface area contributed by atoms with E-state index in [9.17, 15) is 0 Å². The molecule has 0 spiro atoms. The molecule has 0 saturated heterocycles. The van der Waals surface area contributed by atoms with Crippen LogP contribution in [-0.2, 0) is 21.1 Å². The predicted molar refractivity (Wildman–Crippen MR) is 26.7 cm³/mol. The third kappa shape index (κ3) is 22.4. The van der Waals surface area contributed by atoms with Gasteiger partial charge in [-0.05, 0) is 0 Å². The maximum absolute atomic E-state index is 3.54. The molecule has 0 unspecified atom stereocenters. The Bertz CT molecular complexity index is 5.90. The van der Waals surface area contributed by atoms with Gasteiger partial charge in [0.1, 0.15) is 0 Å². The van der Waals surface area contributed by atoms with Gasteiger partial charge in [0, 0.05) is 0 Å². The summed E-state index contributed by atoms with van der Waals surface area (Å²) in [5.74, 6) is 0. The first-order chi connectivity index (χ1) is 1.91. The van der Waals surface area contributed by atoms with Gasteiger partial charge in [0.2, 0.25) is 0 Å². The Labute approximate surface area is 55.6 Å². The largest absolute Gasteiger partial charge is 2.00 e. The monoisotopic (exact) mass is 256 g/mol. The Morgan fingerprint density at radius 2 is 1.17 bits per heavy atom. The fourth-order valence-electron chi connectivity index (χ4n) is 0. The van der Waals surface area contributed by atoms with Crippen molar-refractivity contribution >= 4 is 0 Å². The molecule has 0 aliphatic carbocycles. The second kappa shape index (κ2) is 17.3. The standard InChI is InChI=1S/C4H8.CH4.W/c1-3-4-2;;/h1-4H2;1H4;/q-2;;+2. The van der Waals surface area contributed by atoms with E-state index in [0.717, 1.165) is 12.8 Å². The smallest absolute Gasteiger partial charge is 0.346 e. The third-order valence-electron chi connectivity index (χ3n) is 0.250. The second-order valence-corrected chi connectivity index (χ2v) is 0.707. The predicted octanol–water partition coefficient (Wildman–Crippen LogP) is 2.07. The van der Waals surface area contributed by atoms with E-state index in [4.69, 9.17) is 0 Å². The summed E-state index contributed by atoms with van der Waals surface area (Å²) in [6.07, 6.45) is 1.92. The first-order valence-corrected chi connectivity index (χ1v) is 1.50. The van der Waals surface area contributed by atoms with Crippen molar-refractivity contribution in [2.45, 2.75) is 20.3 Å². The SMILES string of the molecule is C.[CH2-]CC[CH2-].[W+2]. The van der Waals surface area contributed by atoms with Gasteiger partial charge in [0.25, 0.3) is 0 Å². The van der Waals surface area contributed by atoms with Crippen LogP contribution in [0.5, 0.6) is 0 Å². The summed E-state index contributed by atoms with van der Waals surface area (Å²) in [5, 5.41) is 0. The fraction of sp³-hybridized carbons (Fsp3) is 0.600. The molecule has 0 radical (unpaired) electrons. The Hall–Kier alpha value is 0.688. The van der Waals surface area contributed by atoms with Gasteiger partial charge in [-0.25, -0.2) is 12.8 Å². The zero-order valence-electron chi connectivity index (χ0n) is 3.24. The summed E-state index contributed by atoms with van der Waals surface area (Å²) >= 11 is 0. The van der Waals surface area contributed by atoms with Gasteiger partial charge in [-0.3, -0.25) is 0 Å². The molecule has 0 rings (SSSR count). The molecule has 0 heterocycles. The van der Waals surface area contributed by atoms with Crippen molar-refractivity contribution in [3.8, 4) is 0 Å². The minimum atomic E-state index is 0. The van der Waals surface area contributed by atoms with Gasteiger partial charge >= 0.3 is 21.1 Å². The molecular weight excluding hydrogens is 244 g/mol. The van der Waals surface area contributed by atoms with Crippen LogP contribution in [0.15, 0.2) is 0 Å². The van der Waals surface area contributed by atoms with Crippen LogP contribution >= 0.6 is 0 Å². The van der Waals surface area contributed by atoms with E-state index in [1.807, 2.05) is 0 Å². The molecule has 0 atom stereocenters. The number of rotatable bonds is 1. The summed E-state index contributed by atoms with van der Waals surface area (Å²) in [6, 6.07) is 0. The fourth-order valence-corrected chi connectivity index (χ4v) is 0. The maximum atomic E-state index is 3.54. The molecule has 0 aromatic heterocycles. The Balaban J connectivity index is -0.0000000450. The van der Waals surface area contributed by atoms with Crippen molar-refractivity contribution in [2.24, 2.45) is 0 Å². The van der Waals surface area contributed by atoms with Gasteiger partial charge in [0.15, 0.2) is 0 Å². The van der Waals surface area contributed by atoms with Gasteiger partial charge < -0.3 is 13.8 Å². The summed E-state index contributed by atoms with van der Waals surface area (Å²) in [5.41, 5.74) is 0. The average molecular weight is 256 g/mol. The van der Waals surface area contributed by atoms with Crippen LogP contribution in [0.25, 0.3) is 0 Å². The van der Waals surface area contributed by atoms with Crippen molar-refractivity contribution in [3.05, 3.63) is 13.8 Å². The molecule has 0 saturated carbocycles. The van der Waals surface area contributed by atoms with Crippen molar-refractivity contribution in [2.75, 3.05) is 0 Å². The number of hydrogen-bond donors (Lipinski definition) is 0. The van der Waals surface area contributed by atoms with Crippen molar-refractivity contribution in [1.82, 2.24) is 0 Å². The van der Waals surface area contributed by atoms with E-state index in [-0.39, 0.29) is 28.5 Å². The van der Waals surface area contributed by atoms with Crippen molar-refractivity contribution < 1.29 is 21.1 Å². The van der Waals surface area contributed by atoms with Gasteiger partial charge in [-0.15, -0.1) is 0 Å². The summed E-state index contributed by atoms with van der Waals surface area (Å²) in [4.78, 5) is 0. The van der Waals surface area contributed by atoms with Crippen LogP contribution in [0.2, 0.25) is 0 Å². The molecular formula is C5H12W. The van der Waals surface area contributed by atoms with Gasteiger partial charge in [-0.2, -0.15) is 0 Å². The Kier molecular flexibility index (Phi) is 45.9. The summed E-state index contributed by atoms with van der Waals surface area (Å²) < 4.78 is 0. The molecule has 0 aromatic rings. The molecule has 0 amide bonds. The van der Waals surface area contributed by atoms with Crippen LogP contribution in [0, 0.1) is 13.8 Å². The molecule has 1 heteroatoms. The van der Waals surface area contributed by atoms with Crippen LogP contribution < -0.4 is 0 Å². The first kappa shape index (κ1) is 15.9. The van der Waals surface area contributed by atoms with E-state index < -0.39 is 0 Å². The molecule has 6 heavy (non-hydrogen) atoms. The normalized spacial score (nSPS) is 5.00. The summed E-state index contributed by atoms with van der Waals surface area (Å²) in [7, 11) is 0. The molecule has 0 fully saturated rings. The van der Waals surface area contributed by atoms with E-state index in [1.165, 1.54) is 0 Å². The number of unbranched alkanes of at least 4 members (excludes halogenated alkanes) is 1. The second-order valence-electron chi connectivity index (χ2n) is 0.707. The van der Waals surface area contributed by atoms with Gasteiger partial charge in [-0.1, -0.05) is 7.43 Å².